The Labute approximate surface area is 130 Å². The Hall–Kier alpha value is -1.56. The number of halogens is 1. The fourth-order valence-electron chi connectivity index (χ4n) is 2.23. The van der Waals surface area contributed by atoms with Gasteiger partial charge in [0.15, 0.2) is 0 Å². The van der Waals surface area contributed by atoms with Crippen LogP contribution < -0.4 is 16.0 Å². The molecule has 0 aliphatic rings. The van der Waals surface area contributed by atoms with Gasteiger partial charge in [-0.1, -0.05) is 29.8 Å². The molecule has 0 fully saturated rings. The van der Waals surface area contributed by atoms with Crippen molar-refractivity contribution in [3.05, 3.63) is 46.7 Å². The van der Waals surface area contributed by atoms with Crippen LogP contribution >= 0.6 is 11.6 Å². The third kappa shape index (κ3) is 4.20. The molecule has 0 amide bonds. The predicted octanol–water partition coefficient (Wildman–Crippen LogP) is 2.23. The van der Waals surface area contributed by atoms with Crippen molar-refractivity contribution in [2.45, 2.75) is 25.8 Å². The Morgan fingerprint density at radius 1 is 1.38 bits per heavy atom. The van der Waals surface area contributed by atoms with E-state index in [4.69, 9.17) is 22.2 Å². The van der Waals surface area contributed by atoms with E-state index in [1.54, 1.807) is 4.68 Å². The van der Waals surface area contributed by atoms with Gasteiger partial charge in [-0.2, -0.15) is 5.10 Å². The van der Waals surface area contributed by atoms with Crippen LogP contribution in [0.4, 0.5) is 0 Å². The van der Waals surface area contributed by atoms with E-state index in [1.165, 1.54) is 0 Å². The SMILES string of the molecule is Cc1nn(C)c(Cl)c1CC(CCOc1ccccc1)NN. The second-order valence-corrected chi connectivity index (χ2v) is 5.35. The molecule has 0 aliphatic heterocycles. The summed E-state index contributed by atoms with van der Waals surface area (Å²) in [6.07, 6.45) is 1.52. The fourth-order valence-corrected chi connectivity index (χ4v) is 2.48. The first-order chi connectivity index (χ1) is 10.1. The molecule has 21 heavy (non-hydrogen) atoms. The lowest BCUT2D eigenvalue weighted by molar-refractivity contribution is 0.285. The Balaban J connectivity index is 1.88. The molecular weight excluding hydrogens is 288 g/mol. The van der Waals surface area contributed by atoms with Gasteiger partial charge in [0, 0.05) is 18.7 Å². The summed E-state index contributed by atoms with van der Waals surface area (Å²) in [4.78, 5) is 0. The first-order valence-electron chi connectivity index (χ1n) is 6.93. The highest BCUT2D eigenvalue weighted by Gasteiger charge is 2.16. The molecule has 0 aliphatic carbocycles. The first kappa shape index (κ1) is 15.8. The van der Waals surface area contributed by atoms with Gasteiger partial charge in [0.25, 0.3) is 0 Å². The summed E-state index contributed by atoms with van der Waals surface area (Å²) in [6.45, 7) is 2.55. The number of benzene rings is 1. The molecule has 114 valence electrons. The molecule has 0 saturated carbocycles. The average molecular weight is 309 g/mol. The number of hydrogen-bond acceptors (Lipinski definition) is 4. The maximum atomic E-state index is 6.25. The summed E-state index contributed by atoms with van der Waals surface area (Å²) in [5.74, 6) is 6.50. The van der Waals surface area contributed by atoms with Crippen LogP contribution in [0.25, 0.3) is 0 Å². The molecule has 1 aromatic heterocycles. The number of rotatable bonds is 7. The lowest BCUT2D eigenvalue weighted by Gasteiger charge is -2.16. The van der Waals surface area contributed by atoms with E-state index in [2.05, 4.69) is 10.5 Å². The lowest BCUT2D eigenvalue weighted by atomic mass is 10.1. The van der Waals surface area contributed by atoms with Gasteiger partial charge in [-0.15, -0.1) is 0 Å². The zero-order chi connectivity index (χ0) is 15.2. The van der Waals surface area contributed by atoms with Crippen molar-refractivity contribution in [3.8, 4) is 5.75 Å². The van der Waals surface area contributed by atoms with Gasteiger partial charge >= 0.3 is 0 Å². The van der Waals surface area contributed by atoms with Crippen molar-refractivity contribution in [1.82, 2.24) is 15.2 Å². The van der Waals surface area contributed by atoms with Gasteiger partial charge in [-0.25, -0.2) is 0 Å². The summed E-state index contributed by atoms with van der Waals surface area (Å²) in [7, 11) is 1.84. The number of aryl methyl sites for hydroxylation is 2. The van der Waals surface area contributed by atoms with Crippen molar-refractivity contribution in [1.29, 1.82) is 0 Å². The van der Waals surface area contributed by atoms with E-state index in [-0.39, 0.29) is 6.04 Å². The summed E-state index contributed by atoms with van der Waals surface area (Å²) in [5, 5.41) is 4.97. The maximum absolute atomic E-state index is 6.25. The zero-order valence-corrected chi connectivity index (χ0v) is 13.1. The van der Waals surface area contributed by atoms with Crippen molar-refractivity contribution in [2.24, 2.45) is 12.9 Å². The number of hydrazine groups is 1. The minimum absolute atomic E-state index is 0.0918. The highest BCUT2D eigenvalue weighted by Crippen LogP contribution is 2.21. The van der Waals surface area contributed by atoms with Crippen LogP contribution in [0.1, 0.15) is 17.7 Å². The number of para-hydroxylation sites is 1. The van der Waals surface area contributed by atoms with Crippen molar-refractivity contribution in [2.75, 3.05) is 6.61 Å². The molecular formula is C15H21ClN4O. The third-order valence-corrected chi connectivity index (χ3v) is 3.91. The summed E-state index contributed by atoms with van der Waals surface area (Å²) in [5.41, 5.74) is 4.79. The highest BCUT2D eigenvalue weighted by molar-refractivity contribution is 6.30. The molecule has 0 radical (unpaired) electrons. The molecule has 1 heterocycles. The van der Waals surface area contributed by atoms with E-state index in [9.17, 15) is 0 Å². The number of ether oxygens (including phenoxy) is 1. The second-order valence-electron chi connectivity index (χ2n) is 5.00. The molecule has 2 aromatic rings. The van der Waals surface area contributed by atoms with Crippen LogP contribution in [0, 0.1) is 6.92 Å². The quantitative estimate of drug-likeness (QED) is 0.608. The van der Waals surface area contributed by atoms with E-state index >= 15 is 0 Å². The molecule has 1 aromatic carbocycles. The minimum Gasteiger partial charge on any atom is -0.494 e. The van der Waals surface area contributed by atoms with Gasteiger partial charge < -0.3 is 4.74 Å². The molecule has 1 atom stereocenters. The monoisotopic (exact) mass is 308 g/mol. The maximum Gasteiger partial charge on any atom is 0.130 e. The number of hydrogen-bond donors (Lipinski definition) is 2. The Morgan fingerprint density at radius 2 is 2.10 bits per heavy atom. The molecule has 6 heteroatoms. The average Bonchev–Trinajstić information content (AvgIpc) is 2.73. The Kier molecular flexibility index (Phi) is 5.61. The number of nitrogens with zero attached hydrogens (tertiary/aromatic N) is 2. The van der Waals surface area contributed by atoms with Crippen LogP contribution in [0.2, 0.25) is 5.15 Å². The predicted molar refractivity (Wildman–Crippen MR) is 84.3 cm³/mol. The molecule has 3 N–H and O–H groups in total. The van der Waals surface area contributed by atoms with Crippen LogP contribution in [-0.4, -0.2) is 22.4 Å². The number of aromatic nitrogens is 2. The van der Waals surface area contributed by atoms with E-state index in [1.807, 2.05) is 44.3 Å². The smallest absolute Gasteiger partial charge is 0.130 e. The molecule has 5 nitrogen and oxygen atoms in total. The standard InChI is InChI=1S/C15H21ClN4O/c1-11-14(15(16)20(2)19-11)10-12(18-17)8-9-21-13-6-4-3-5-7-13/h3-7,12,18H,8-10,17H2,1-2H3. The van der Waals surface area contributed by atoms with Crippen molar-refractivity contribution >= 4 is 11.6 Å². The topological polar surface area (TPSA) is 65.1 Å². The van der Waals surface area contributed by atoms with Crippen LogP contribution in [0.3, 0.4) is 0 Å². The Morgan fingerprint density at radius 3 is 2.67 bits per heavy atom. The minimum atomic E-state index is 0.0918. The molecule has 2 rings (SSSR count). The molecule has 0 spiro atoms. The number of nitrogens with one attached hydrogen (secondary N) is 1. The zero-order valence-electron chi connectivity index (χ0n) is 12.3. The Bertz CT molecular complexity index is 571. The molecule has 0 saturated heterocycles. The third-order valence-electron chi connectivity index (χ3n) is 3.43. The van der Waals surface area contributed by atoms with Gasteiger partial charge in [-0.3, -0.25) is 16.0 Å². The van der Waals surface area contributed by atoms with Crippen LogP contribution in [0.5, 0.6) is 5.75 Å². The van der Waals surface area contributed by atoms with Crippen molar-refractivity contribution in [3.63, 3.8) is 0 Å². The lowest BCUT2D eigenvalue weighted by Crippen LogP contribution is -2.38. The summed E-state index contributed by atoms with van der Waals surface area (Å²) in [6, 6.07) is 9.83. The van der Waals surface area contributed by atoms with Crippen LogP contribution in [0.15, 0.2) is 30.3 Å². The molecule has 1 unspecified atom stereocenters. The van der Waals surface area contributed by atoms with Crippen molar-refractivity contribution < 1.29 is 4.74 Å². The highest BCUT2D eigenvalue weighted by atomic mass is 35.5. The normalized spacial score (nSPS) is 12.4. The van der Waals surface area contributed by atoms with E-state index in [0.29, 0.717) is 11.8 Å². The van der Waals surface area contributed by atoms with Gasteiger partial charge in [0.05, 0.1) is 12.3 Å². The first-order valence-corrected chi connectivity index (χ1v) is 7.31. The van der Waals surface area contributed by atoms with Crippen LogP contribution in [-0.2, 0) is 13.5 Å². The van der Waals surface area contributed by atoms with Gasteiger partial charge in [0.1, 0.15) is 10.9 Å². The van der Waals surface area contributed by atoms with E-state index in [0.717, 1.165) is 29.8 Å². The van der Waals surface area contributed by atoms with E-state index < -0.39 is 0 Å². The summed E-state index contributed by atoms with van der Waals surface area (Å²) >= 11 is 6.25. The second kappa shape index (κ2) is 7.45. The summed E-state index contributed by atoms with van der Waals surface area (Å²) < 4.78 is 7.37. The van der Waals surface area contributed by atoms with Gasteiger partial charge in [-0.05, 0) is 31.9 Å². The number of nitrogens with two attached hydrogens (primary N) is 1. The fraction of sp³-hybridized carbons (Fsp3) is 0.400. The largest absolute Gasteiger partial charge is 0.494 e. The molecule has 0 bridgehead atoms. The van der Waals surface area contributed by atoms with Gasteiger partial charge in [0.2, 0.25) is 0 Å².